The summed E-state index contributed by atoms with van der Waals surface area (Å²) in [4.78, 5) is 15.5. The van der Waals surface area contributed by atoms with E-state index in [9.17, 15) is 4.79 Å². The first kappa shape index (κ1) is 22.1. The van der Waals surface area contributed by atoms with E-state index in [0.29, 0.717) is 11.8 Å². The van der Waals surface area contributed by atoms with Crippen molar-refractivity contribution in [1.29, 1.82) is 0 Å². The van der Waals surface area contributed by atoms with Crippen molar-refractivity contribution >= 4 is 36.4 Å². The lowest BCUT2D eigenvalue weighted by Gasteiger charge is -2.37. The second-order valence-corrected chi connectivity index (χ2v) is 7.84. The lowest BCUT2D eigenvalue weighted by Crippen LogP contribution is -2.51. The Bertz CT molecular complexity index is 645. The molecule has 2 aliphatic heterocycles. The summed E-state index contributed by atoms with van der Waals surface area (Å²) in [5.74, 6) is 1.70. The number of halogens is 2. The van der Waals surface area contributed by atoms with Crippen LogP contribution >= 0.6 is 24.8 Å². The lowest BCUT2D eigenvalue weighted by atomic mass is 9.67. The van der Waals surface area contributed by atoms with E-state index in [1.807, 2.05) is 12.1 Å². The maximum Gasteiger partial charge on any atom is 0.228 e. The molecule has 3 aliphatic rings. The van der Waals surface area contributed by atoms with Gasteiger partial charge in [0.05, 0.1) is 12.5 Å². The average Bonchev–Trinajstić information content (AvgIpc) is 3.29. The van der Waals surface area contributed by atoms with Gasteiger partial charge < -0.3 is 20.3 Å². The van der Waals surface area contributed by atoms with Crippen LogP contribution in [0.3, 0.4) is 0 Å². The Hall–Kier alpha value is -1.17. The summed E-state index contributed by atoms with van der Waals surface area (Å²) >= 11 is 0. The van der Waals surface area contributed by atoms with Gasteiger partial charge in [-0.3, -0.25) is 4.79 Å². The van der Waals surface area contributed by atoms with E-state index in [1.165, 1.54) is 24.9 Å². The maximum atomic E-state index is 13.1. The highest BCUT2D eigenvalue weighted by Crippen LogP contribution is 2.44. The standard InChI is InChI=1S/C20H29N3O2.2ClH/c1-25-18-7-4-6-17(11-18)23-10-8-16(13-23)22-19(24)20-9-3-2-5-15(20)12-21-14-20;;/h4,6-7,11,15-16,21H,2-3,5,8-10,12-14H2,1H3,(H,22,24);2*1H/t15-,16?,20+;;/m0../s1. The van der Waals surface area contributed by atoms with Crippen molar-refractivity contribution in [2.75, 3.05) is 38.2 Å². The SMILES string of the molecule is COc1cccc(N2CCC(NC(=O)[C@@]34CCCC[C@H]3CNC4)C2)c1.Cl.Cl. The second kappa shape index (κ2) is 9.35. The molecule has 27 heavy (non-hydrogen) atoms. The quantitative estimate of drug-likeness (QED) is 0.793. The molecule has 1 saturated carbocycles. The number of fused-ring (bicyclic) bond motifs is 1. The topological polar surface area (TPSA) is 53.6 Å². The van der Waals surface area contributed by atoms with Crippen LogP contribution in [0.1, 0.15) is 32.1 Å². The van der Waals surface area contributed by atoms with Gasteiger partial charge in [0, 0.05) is 37.4 Å². The molecule has 1 unspecified atom stereocenters. The fourth-order valence-electron chi connectivity index (χ4n) is 4.94. The highest BCUT2D eigenvalue weighted by atomic mass is 35.5. The van der Waals surface area contributed by atoms with Crippen LogP contribution in [0.4, 0.5) is 5.69 Å². The van der Waals surface area contributed by atoms with Crippen LogP contribution in [0.5, 0.6) is 5.75 Å². The van der Waals surface area contributed by atoms with Gasteiger partial charge >= 0.3 is 0 Å². The highest BCUT2D eigenvalue weighted by molar-refractivity contribution is 5.85. The molecule has 1 aromatic carbocycles. The Morgan fingerprint density at radius 2 is 2.15 bits per heavy atom. The number of amides is 1. The fraction of sp³-hybridized carbons (Fsp3) is 0.650. The van der Waals surface area contributed by atoms with Gasteiger partial charge in [-0.15, -0.1) is 24.8 Å². The number of carbonyl (C=O) groups is 1. The molecule has 0 spiro atoms. The molecule has 0 radical (unpaired) electrons. The van der Waals surface area contributed by atoms with E-state index in [1.54, 1.807) is 7.11 Å². The summed E-state index contributed by atoms with van der Waals surface area (Å²) in [6.07, 6.45) is 5.71. The number of methoxy groups -OCH3 is 1. The molecule has 0 aromatic heterocycles. The van der Waals surface area contributed by atoms with Gasteiger partial charge in [-0.25, -0.2) is 0 Å². The molecule has 2 saturated heterocycles. The van der Waals surface area contributed by atoms with Crippen molar-refractivity contribution in [3.05, 3.63) is 24.3 Å². The minimum absolute atomic E-state index is 0. The number of anilines is 1. The van der Waals surface area contributed by atoms with Gasteiger partial charge in [0.15, 0.2) is 0 Å². The summed E-state index contributed by atoms with van der Waals surface area (Å²) in [5.41, 5.74) is 1.02. The molecule has 1 aliphatic carbocycles. The monoisotopic (exact) mass is 415 g/mol. The minimum Gasteiger partial charge on any atom is -0.497 e. The zero-order chi connectivity index (χ0) is 17.3. The lowest BCUT2D eigenvalue weighted by molar-refractivity contribution is -0.134. The van der Waals surface area contributed by atoms with Crippen molar-refractivity contribution in [3.63, 3.8) is 0 Å². The summed E-state index contributed by atoms with van der Waals surface area (Å²) in [6, 6.07) is 8.42. The van der Waals surface area contributed by atoms with E-state index >= 15 is 0 Å². The van der Waals surface area contributed by atoms with Crippen LogP contribution in [0, 0.1) is 11.3 Å². The van der Waals surface area contributed by atoms with Crippen molar-refractivity contribution in [2.24, 2.45) is 11.3 Å². The molecular formula is C20H31Cl2N3O2. The van der Waals surface area contributed by atoms with Crippen LogP contribution in [-0.2, 0) is 4.79 Å². The first-order valence-electron chi connectivity index (χ1n) is 9.62. The minimum atomic E-state index is -0.151. The van der Waals surface area contributed by atoms with Crippen molar-refractivity contribution in [2.45, 2.75) is 38.1 Å². The molecule has 3 fully saturated rings. The third-order valence-electron chi connectivity index (χ3n) is 6.43. The maximum absolute atomic E-state index is 13.1. The third kappa shape index (κ3) is 4.30. The zero-order valence-corrected chi connectivity index (χ0v) is 17.5. The summed E-state index contributed by atoms with van der Waals surface area (Å²) in [5, 5.41) is 6.86. The molecule has 5 nitrogen and oxygen atoms in total. The number of ether oxygens (including phenoxy) is 1. The Morgan fingerprint density at radius 3 is 2.96 bits per heavy atom. The summed E-state index contributed by atoms with van der Waals surface area (Å²) in [6.45, 7) is 3.73. The number of hydrogen-bond acceptors (Lipinski definition) is 4. The molecule has 2 heterocycles. The Balaban J connectivity index is 0.00000131. The number of hydrogen-bond donors (Lipinski definition) is 2. The van der Waals surface area contributed by atoms with E-state index in [0.717, 1.165) is 44.8 Å². The molecule has 152 valence electrons. The van der Waals surface area contributed by atoms with E-state index in [4.69, 9.17) is 4.74 Å². The number of benzene rings is 1. The van der Waals surface area contributed by atoms with E-state index in [2.05, 4.69) is 27.7 Å². The van der Waals surface area contributed by atoms with Gasteiger partial charge in [-0.1, -0.05) is 18.9 Å². The Labute approximate surface area is 174 Å². The second-order valence-electron chi connectivity index (χ2n) is 7.84. The van der Waals surface area contributed by atoms with Crippen molar-refractivity contribution in [1.82, 2.24) is 10.6 Å². The smallest absolute Gasteiger partial charge is 0.228 e. The number of nitrogens with zero attached hydrogens (tertiary/aromatic N) is 1. The van der Waals surface area contributed by atoms with Crippen molar-refractivity contribution < 1.29 is 9.53 Å². The van der Waals surface area contributed by atoms with Crippen LogP contribution in [0.2, 0.25) is 0 Å². The summed E-state index contributed by atoms with van der Waals surface area (Å²) in [7, 11) is 1.70. The molecular weight excluding hydrogens is 385 g/mol. The van der Waals surface area contributed by atoms with E-state index < -0.39 is 0 Å². The Morgan fingerprint density at radius 1 is 1.30 bits per heavy atom. The number of rotatable bonds is 4. The normalized spacial score (nSPS) is 29.3. The van der Waals surface area contributed by atoms with E-state index in [-0.39, 0.29) is 36.3 Å². The van der Waals surface area contributed by atoms with Crippen molar-refractivity contribution in [3.8, 4) is 5.75 Å². The number of carbonyl (C=O) groups excluding carboxylic acids is 1. The van der Waals surface area contributed by atoms with Gasteiger partial charge in [0.1, 0.15) is 5.75 Å². The molecule has 1 amide bonds. The average molecular weight is 416 g/mol. The van der Waals surface area contributed by atoms with Gasteiger partial charge in [0.25, 0.3) is 0 Å². The first-order valence-corrected chi connectivity index (χ1v) is 9.62. The molecule has 3 atom stereocenters. The van der Waals surface area contributed by atoms with Crippen LogP contribution < -0.4 is 20.3 Å². The van der Waals surface area contributed by atoms with Crippen LogP contribution in [0.25, 0.3) is 0 Å². The van der Waals surface area contributed by atoms with Gasteiger partial charge in [-0.05, 0) is 43.9 Å². The third-order valence-corrected chi connectivity index (χ3v) is 6.43. The predicted molar refractivity (Wildman–Crippen MR) is 114 cm³/mol. The zero-order valence-electron chi connectivity index (χ0n) is 15.9. The van der Waals surface area contributed by atoms with Crippen LogP contribution in [0.15, 0.2) is 24.3 Å². The molecule has 0 bridgehead atoms. The molecule has 7 heteroatoms. The number of nitrogens with one attached hydrogen (secondary N) is 2. The van der Waals surface area contributed by atoms with Crippen LogP contribution in [-0.4, -0.2) is 45.2 Å². The van der Waals surface area contributed by atoms with Gasteiger partial charge in [-0.2, -0.15) is 0 Å². The fourth-order valence-corrected chi connectivity index (χ4v) is 4.94. The van der Waals surface area contributed by atoms with Gasteiger partial charge in [0.2, 0.25) is 5.91 Å². The predicted octanol–water partition coefficient (Wildman–Crippen LogP) is 3.01. The largest absolute Gasteiger partial charge is 0.497 e. The molecule has 4 rings (SSSR count). The molecule has 1 aromatic rings. The highest BCUT2D eigenvalue weighted by Gasteiger charge is 2.50. The summed E-state index contributed by atoms with van der Waals surface area (Å²) < 4.78 is 5.33. The Kier molecular flexibility index (Phi) is 7.66. The molecule has 2 N–H and O–H groups in total. The first-order chi connectivity index (χ1) is 12.2.